The molecule has 2 aromatic heterocycles. The molecule has 0 radical (unpaired) electrons. The highest BCUT2D eigenvalue weighted by Crippen LogP contribution is 2.22. The summed E-state index contributed by atoms with van der Waals surface area (Å²) in [7, 11) is 2.06. The smallest absolute Gasteiger partial charge is 0.133 e. The van der Waals surface area contributed by atoms with Gasteiger partial charge in [-0.1, -0.05) is 6.07 Å². The Morgan fingerprint density at radius 1 is 1.35 bits per heavy atom. The molecule has 0 aromatic carbocycles. The molecule has 0 unspecified atom stereocenters. The van der Waals surface area contributed by atoms with Crippen LogP contribution in [-0.4, -0.2) is 18.1 Å². The first-order valence-corrected chi connectivity index (χ1v) is 7.16. The van der Waals surface area contributed by atoms with Crippen LogP contribution in [0, 0.1) is 6.92 Å². The number of hydrogen-bond donors (Lipinski definition) is 1. The number of nitrogens with zero attached hydrogens (tertiary/aromatic N) is 2. The first-order valence-electron chi connectivity index (χ1n) is 7.16. The maximum Gasteiger partial charge on any atom is 0.133 e. The SMILES string of the molecule is Cc1ccc(CN(C)c2ncccc2CNC2CC2)o1. The van der Waals surface area contributed by atoms with Gasteiger partial charge >= 0.3 is 0 Å². The first-order chi connectivity index (χ1) is 9.72. The summed E-state index contributed by atoms with van der Waals surface area (Å²) in [5, 5.41) is 3.55. The van der Waals surface area contributed by atoms with E-state index < -0.39 is 0 Å². The Hall–Kier alpha value is -1.81. The highest BCUT2D eigenvalue weighted by atomic mass is 16.3. The highest BCUT2D eigenvalue weighted by molar-refractivity contribution is 5.46. The number of rotatable bonds is 6. The van der Waals surface area contributed by atoms with Gasteiger partial charge < -0.3 is 14.6 Å². The van der Waals surface area contributed by atoms with E-state index in [1.165, 1.54) is 18.4 Å². The van der Waals surface area contributed by atoms with E-state index in [9.17, 15) is 0 Å². The minimum absolute atomic E-state index is 0.709. The number of hydrogen-bond acceptors (Lipinski definition) is 4. The van der Waals surface area contributed by atoms with E-state index in [2.05, 4.69) is 28.3 Å². The van der Waals surface area contributed by atoms with Crippen LogP contribution in [0.5, 0.6) is 0 Å². The molecule has 1 N–H and O–H groups in total. The van der Waals surface area contributed by atoms with Gasteiger partial charge in [0.25, 0.3) is 0 Å². The predicted octanol–water partition coefficient (Wildman–Crippen LogP) is 2.87. The molecule has 0 amide bonds. The van der Waals surface area contributed by atoms with Crippen molar-refractivity contribution in [3.05, 3.63) is 47.5 Å². The van der Waals surface area contributed by atoms with E-state index in [4.69, 9.17) is 4.42 Å². The lowest BCUT2D eigenvalue weighted by atomic mass is 10.2. The fraction of sp³-hybridized carbons (Fsp3) is 0.438. The molecule has 106 valence electrons. The molecule has 0 atom stereocenters. The number of anilines is 1. The van der Waals surface area contributed by atoms with Crippen LogP contribution in [0.3, 0.4) is 0 Å². The van der Waals surface area contributed by atoms with Gasteiger partial charge in [0.1, 0.15) is 17.3 Å². The fourth-order valence-corrected chi connectivity index (χ4v) is 2.33. The third-order valence-corrected chi connectivity index (χ3v) is 3.58. The third kappa shape index (κ3) is 3.20. The minimum atomic E-state index is 0.709. The molecule has 1 fully saturated rings. The van der Waals surface area contributed by atoms with Crippen LogP contribution in [0.1, 0.15) is 29.9 Å². The van der Waals surface area contributed by atoms with Gasteiger partial charge in [0.2, 0.25) is 0 Å². The maximum atomic E-state index is 5.64. The van der Waals surface area contributed by atoms with E-state index in [0.717, 1.165) is 30.4 Å². The van der Waals surface area contributed by atoms with Crippen LogP contribution in [-0.2, 0) is 13.1 Å². The van der Waals surface area contributed by atoms with Crippen LogP contribution in [0.4, 0.5) is 5.82 Å². The molecule has 0 bridgehead atoms. The normalized spacial score (nSPS) is 14.5. The zero-order valence-corrected chi connectivity index (χ0v) is 12.1. The third-order valence-electron chi connectivity index (χ3n) is 3.58. The quantitative estimate of drug-likeness (QED) is 0.877. The lowest BCUT2D eigenvalue weighted by molar-refractivity contribution is 0.481. The summed E-state index contributed by atoms with van der Waals surface area (Å²) >= 11 is 0. The van der Waals surface area contributed by atoms with Gasteiger partial charge in [-0.3, -0.25) is 0 Å². The number of aromatic nitrogens is 1. The van der Waals surface area contributed by atoms with Crippen molar-refractivity contribution in [3.63, 3.8) is 0 Å². The van der Waals surface area contributed by atoms with Crippen molar-refractivity contribution < 1.29 is 4.42 Å². The molecule has 20 heavy (non-hydrogen) atoms. The van der Waals surface area contributed by atoms with Crippen LogP contribution in [0.2, 0.25) is 0 Å². The summed E-state index contributed by atoms with van der Waals surface area (Å²) in [5.41, 5.74) is 1.24. The maximum absolute atomic E-state index is 5.64. The van der Waals surface area contributed by atoms with Crippen LogP contribution < -0.4 is 10.2 Å². The molecule has 1 aliphatic rings. The summed E-state index contributed by atoms with van der Waals surface area (Å²) in [6, 6.07) is 8.87. The Morgan fingerprint density at radius 3 is 2.90 bits per heavy atom. The van der Waals surface area contributed by atoms with Gasteiger partial charge in [-0.25, -0.2) is 4.98 Å². The molecule has 0 aliphatic heterocycles. The molecule has 1 aliphatic carbocycles. The highest BCUT2D eigenvalue weighted by Gasteiger charge is 2.21. The van der Waals surface area contributed by atoms with Gasteiger partial charge in [0.05, 0.1) is 6.54 Å². The van der Waals surface area contributed by atoms with E-state index in [-0.39, 0.29) is 0 Å². The van der Waals surface area contributed by atoms with Crippen LogP contribution >= 0.6 is 0 Å². The molecular formula is C16H21N3O. The summed E-state index contributed by atoms with van der Waals surface area (Å²) in [6.07, 6.45) is 4.45. The molecule has 3 rings (SSSR count). The largest absolute Gasteiger partial charge is 0.464 e. The van der Waals surface area contributed by atoms with E-state index in [0.29, 0.717) is 6.04 Å². The van der Waals surface area contributed by atoms with Crippen molar-refractivity contribution in [3.8, 4) is 0 Å². The summed E-state index contributed by atoms with van der Waals surface area (Å²) in [4.78, 5) is 6.67. The van der Waals surface area contributed by atoms with Crippen molar-refractivity contribution in [1.29, 1.82) is 0 Å². The van der Waals surface area contributed by atoms with Gasteiger partial charge in [0, 0.05) is 31.4 Å². The number of nitrogens with one attached hydrogen (secondary N) is 1. The monoisotopic (exact) mass is 271 g/mol. The lowest BCUT2D eigenvalue weighted by Gasteiger charge is -2.20. The van der Waals surface area contributed by atoms with Crippen LogP contribution in [0.25, 0.3) is 0 Å². The standard InChI is InChI=1S/C16H21N3O/c1-12-5-8-15(20-12)11-19(2)16-13(4-3-9-17-16)10-18-14-6-7-14/h3-5,8-9,14,18H,6-7,10-11H2,1-2H3. The van der Waals surface area contributed by atoms with Crippen molar-refractivity contribution in [1.82, 2.24) is 10.3 Å². The molecule has 4 nitrogen and oxygen atoms in total. The fourth-order valence-electron chi connectivity index (χ4n) is 2.33. The second kappa shape index (κ2) is 5.67. The molecule has 0 spiro atoms. The average Bonchev–Trinajstić information content (AvgIpc) is 3.19. The average molecular weight is 271 g/mol. The summed E-state index contributed by atoms with van der Waals surface area (Å²) < 4.78 is 5.64. The van der Waals surface area contributed by atoms with Crippen molar-refractivity contribution in [2.24, 2.45) is 0 Å². The van der Waals surface area contributed by atoms with Gasteiger partial charge in [-0.05, 0) is 38.0 Å². The Morgan fingerprint density at radius 2 is 2.20 bits per heavy atom. The Kier molecular flexibility index (Phi) is 3.74. The zero-order chi connectivity index (χ0) is 13.9. The van der Waals surface area contributed by atoms with Crippen molar-refractivity contribution in [2.45, 2.75) is 38.9 Å². The molecule has 4 heteroatoms. The van der Waals surface area contributed by atoms with Crippen molar-refractivity contribution in [2.75, 3.05) is 11.9 Å². The molecule has 2 aromatic rings. The number of aryl methyl sites for hydroxylation is 1. The molecule has 2 heterocycles. The van der Waals surface area contributed by atoms with E-state index in [1.54, 1.807) is 0 Å². The molecular weight excluding hydrogens is 250 g/mol. The topological polar surface area (TPSA) is 41.3 Å². The number of furan rings is 1. The Labute approximate surface area is 119 Å². The second-order valence-electron chi connectivity index (χ2n) is 5.51. The lowest BCUT2D eigenvalue weighted by Crippen LogP contribution is -2.22. The number of pyridine rings is 1. The van der Waals surface area contributed by atoms with Gasteiger partial charge in [-0.2, -0.15) is 0 Å². The van der Waals surface area contributed by atoms with Gasteiger partial charge in [0.15, 0.2) is 0 Å². The van der Waals surface area contributed by atoms with E-state index >= 15 is 0 Å². The summed E-state index contributed by atoms with van der Waals surface area (Å²) in [5.74, 6) is 2.94. The molecule has 0 saturated heterocycles. The van der Waals surface area contributed by atoms with Crippen LogP contribution in [0.15, 0.2) is 34.9 Å². The Balaban J connectivity index is 1.70. The van der Waals surface area contributed by atoms with Crippen molar-refractivity contribution >= 4 is 5.82 Å². The minimum Gasteiger partial charge on any atom is -0.464 e. The second-order valence-corrected chi connectivity index (χ2v) is 5.51. The van der Waals surface area contributed by atoms with E-state index in [1.807, 2.05) is 31.3 Å². The van der Waals surface area contributed by atoms with Gasteiger partial charge in [-0.15, -0.1) is 0 Å². The predicted molar refractivity (Wildman–Crippen MR) is 79.7 cm³/mol. The first kappa shape index (κ1) is 13.2. The molecule has 1 saturated carbocycles. The zero-order valence-electron chi connectivity index (χ0n) is 12.1. The Bertz CT molecular complexity index is 575. The summed E-state index contributed by atoms with van der Waals surface area (Å²) in [6.45, 7) is 3.59.